The van der Waals surface area contributed by atoms with Gasteiger partial charge in [0.2, 0.25) is 0 Å². The molecular weight excluding hydrogens is 367 g/mol. The average molecular weight is 384 g/mol. The molecule has 0 bridgehead atoms. The second-order valence-electron chi connectivity index (χ2n) is 6.50. The third kappa shape index (κ3) is 3.48. The Morgan fingerprint density at radius 2 is 2.14 bits per heavy atom. The number of carbonyl (C=O) groups excluding carboxylic acids is 1. The van der Waals surface area contributed by atoms with Gasteiger partial charge in [0.1, 0.15) is 18.1 Å². The van der Waals surface area contributed by atoms with Gasteiger partial charge in [0.15, 0.2) is 5.69 Å². The van der Waals surface area contributed by atoms with Gasteiger partial charge in [-0.3, -0.25) is 9.59 Å². The van der Waals surface area contributed by atoms with E-state index in [9.17, 15) is 14.0 Å². The van der Waals surface area contributed by atoms with E-state index < -0.39 is 5.97 Å². The third-order valence-corrected chi connectivity index (χ3v) is 4.51. The molecule has 9 nitrogen and oxygen atoms in total. The van der Waals surface area contributed by atoms with Crippen molar-refractivity contribution < 1.29 is 19.1 Å². The van der Waals surface area contributed by atoms with Crippen molar-refractivity contribution in [3.63, 3.8) is 0 Å². The van der Waals surface area contributed by atoms with Crippen LogP contribution in [0.2, 0.25) is 0 Å². The number of nitrogens with one attached hydrogen (secondary N) is 1. The maximum atomic E-state index is 13.6. The molecule has 0 atom stereocenters. The highest BCUT2D eigenvalue weighted by Crippen LogP contribution is 2.28. The molecule has 1 aliphatic carbocycles. The average Bonchev–Trinajstić information content (AvgIpc) is 3.35. The summed E-state index contributed by atoms with van der Waals surface area (Å²) in [6.07, 6.45) is 3.88. The van der Waals surface area contributed by atoms with Gasteiger partial charge in [-0.25, -0.2) is 13.8 Å². The number of fused-ring (bicyclic) bond motifs is 1. The van der Waals surface area contributed by atoms with Crippen molar-refractivity contribution in [1.82, 2.24) is 30.1 Å². The first-order valence-electron chi connectivity index (χ1n) is 8.77. The zero-order chi connectivity index (χ0) is 19.7. The Labute approximate surface area is 158 Å². The number of hydrogen-bond donors (Lipinski definition) is 2. The van der Waals surface area contributed by atoms with Gasteiger partial charge >= 0.3 is 5.97 Å². The van der Waals surface area contributed by atoms with Crippen molar-refractivity contribution >= 4 is 11.9 Å². The van der Waals surface area contributed by atoms with Crippen molar-refractivity contribution in [1.29, 1.82) is 0 Å². The summed E-state index contributed by atoms with van der Waals surface area (Å²) in [5, 5.41) is 23.4. The van der Waals surface area contributed by atoms with Crippen LogP contribution in [0.15, 0.2) is 30.5 Å². The van der Waals surface area contributed by atoms with Crippen LogP contribution in [-0.2, 0) is 30.7 Å². The fourth-order valence-corrected chi connectivity index (χ4v) is 3.33. The van der Waals surface area contributed by atoms with E-state index in [-0.39, 0.29) is 24.8 Å². The van der Waals surface area contributed by atoms with Crippen LogP contribution in [0.5, 0.6) is 0 Å². The minimum atomic E-state index is -1.03. The quantitative estimate of drug-likeness (QED) is 0.658. The number of carboxylic acid groups (broad SMARTS) is 1. The lowest BCUT2D eigenvalue weighted by atomic mass is 10.2. The van der Waals surface area contributed by atoms with Crippen LogP contribution in [0, 0.1) is 5.82 Å². The lowest BCUT2D eigenvalue weighted by molar-refractivity contribution is -0.137. The molecule has 0 fully saturated rings. The van der Waals surface area contributed by atoms with E-state index in [1.54, 1.807) is 16.8 Å². The maximum Gasteiger partial charge on any atom is 0.325 e. The van der Waals surface area contributed by atoms with Crippen LogP contribution >= 0.6 is 0 Å². The molecule has 0 saturated carbocycles. The maximum absolute atomic E-state index is 13.6. The third-order valence-electron chi connectivity index (χ3n) is 4.51. The summed E-state index contributed by atoms with van der Waals surface area (Å²) in [5.41, 5.74) is 3.12. The zero-order valence-corrected chi connectivity index (χ0v) is 14.8. The van der Waals surface area contributed by atoms with Crippen LogP contribution in [0.1, 0.15) is 33.9 Å². The predicted molar refractivity (Wildman–Crippen MR) is 94.4 cm³/mol. The summed E-state index contributed by atoms with van der Waals surface area (Å²) in [4.78, 5) is 23.3. The molecule has 0 aliphatic heterocycles. The number of aliphatic carboxylic acids is 1. The first kappa shape index (κ1) is 17.8. The zero-order valence-electron chi connectivity index (χ0n) is 14.8. The number of amides is 1. The lowest BCUT2D eigenvalue weighted by Crippen LogP contribution is -2.24. The molecule has 2 N–H and O–H groups in total. The van der Waals surface area contributed by atoms with Gasteiger partial charge in [-0.15, -0.1) is 5.10 Å². The van der Waals surface area contributed by atoms with Crippen molar-refractivity contribution in [3.8, 4) is 5.69 Å². The fourth-order valence-electron chi connectivity index (χ4n) is 3.33. The van der Waals surface area contributed by atoms with Gasteiger partial charge in [-0.2, -0.15) is 5.10 Å². The first-order chi connectivity index (χ1) is 13.5. The highest BCUT2D eigenvalue weighted by Gasteiger charge is 2.27. The molecule has 1 amide bonds. The van der Waals surface area contributed by atoms with E-state index in [2.05, 4.69) is 20.7 Å². The van der Waals surface area contributed by atoms with Crippen molar-refractivity contribution in [2.24, 2.45) is 0 Å². The minimum Gasteiger partial charge on any atom is -0.480 e. The molecule has 0 spiro atoms. The fraction of sp³-hybridized carbons (Fsp3) is 0.278. The summed E-state index contributed by atoms with van der Waals surface area (Å²) < 4.78 is 16.4. The molecule has 1 aliphatic rings. The largest absolute Gasteiger partial charge is 0.480 e. The monoisotopic (exact) mass is 384 g/mol. The number of aromatic nitrogens is 5. The Bertz CT molecular complexity index is 1060. The molecule has 4 rings (SSSR count). The molecule has 0 unspecified atom stereocenters. The number of nitrogens with zero attached hydrogens (tertiary/aromatic N) is 5. The summed E-state index contributed by atoms with van der Waals surface area (Å²) in [7, 11) is 0. The Kier molecular flexibility index (Phi) is 4.60. The Morgan fingerprint density at radius 3 is 2.93 bits per heavy atom. The standard InChI is InChI=1S/C18H17FN6O3/c19-11-3-1-4-13(7-11)25-15-6-2-5-14(15)17(22-25)18(28)20-8-12-9-24(23-21-12)10-16(26)27/h1,3-4,7,9H,2,5-6,8,10H2,(H,20,28)(H,26,27). The second-order valence-corrected chi connectivity index (χ2v) is 6.50. The molecule has 0 radical (unpaired) electrons. The SMILES string of the molecule is O=C(O)Cn1cc(CNC(=O)c2nn(-c3cccc(F)c3)c3c2CCC3)nn1. The van der Waals surface area contributed by atoms with E-state index in [0.29, 0.717) is 17.1 Å². The Hall–Kier alpha value is -3.56. The minimum absolute atomic E-state index is 0.0973. The summed E-state index contributed by atoms with van der Waals surface area (Å²) in [6.45, 7) is -0.202. The summed E-state index contributed by atoms with van der Waals surface area (Å²) in [5.74, 6) is -1.75. The van der Waals surface area contributed by atoms with Crippen LogP contribution < -0.4 is 5.32 Å². The highest BCUT2D eigenvalue weighted by molar-refractivity contribution is 5.94. The van der Waals surface area contributed by atoms with E-state index in [4.69, 9.17) is 5.11 Å². The van der Waals surface area contributed by atoms with Crippen LogP contribution in [0.4, 0.5) is 4.39 Å². The van der Waals surface area contributed by atoms with Crippen molar-refractivity contribution in [3.05, 3.63) is 58.9 Å². The lowest BCUT2D eigenvalue weighted by Gasteiger charge is -2.05. The van der Waals surface area contributed by atoms with Crippen LogP contribution in [-0.4, -0.2) is 41.8 Å². The van der Waals surface area contributed by atoms with E-state index in [1.807, 2.05) is 0 Å². The number of rotatable bonds is 6. The number of carboxylic acids is 1. The number of hydrogen-bond acceptors (Lipinski definition) is 5. The molecule has 2 aromatic heterocycles. The molecule has 0 saturated heterocycles. The number of carbonyl (C=O) groups is 2. The summed E-state index contributed by atoms with van der Waals surface area (Å²) >= 11 is 0. The van der Waals surface area contributed by atoms with Gasteiger partial charge in [-0.1, -0.05) is 11.3 Å². The first-order valence-corrected chi connectivity index (χ1v) is 8.77. The molecule has 2 heterocycles. The van der Waals surface area contributed by atoms with Gasteiger partial charge < -0.3 is 10.4 Å². The van der Waals surface area contributed by atoms with Gasteiger partial charge in [0.05, 0.1) is 18.4 Å². The molecule has 1 aromatic carbocycles. The highest BCUT2D eigenvalue weighted by atomic mass is 19.1. The number of halogens is 1. The van der Waals surface area contributed by atoms with Gasteiger partial charge in [0, 0.05) is 11.3 Å². The van der Waals surface area contributed by atoms with Crippen LogP contribution in [0.25, 0.3) is 5.69 Å². The smallest absolute Gasteiger partial charge is 0.325 e. The van der Waals surface area contributed by atoms with Crippen molar-refractivity contribution in [2.75, 3.05) is 0 Å². The van der Waals surface area contributed by atoms with Crippen LogP contribution in [0.3, 0.4) is 0 Å². The molecular formula is C18H17FN6O3. The normalized spacial score (nSPS) is 12.8. The second kappa shape index (κ2) is 7.22. The topological polar surface area (TPSA) is 115 Å². The summed E-state index contributed by atoms with van der Waals surface area (Å²) in [6, 6.07) is 6.09. The molecule has 3 aromatic rings. The van der Waals surface area contributed by atoms with E-state index in [0.717, 1.165) is 30.5 Å². The van der Waals surface area contributed by atoms with Crippen molar-refractivity contribution in [2.45, 2.75) is 32.4 Å². The van der Waals surface area contributed by atoms with Gasteiger partial charge in [-0.05, 0) is 37.5 Å². The molecule has 144 valence electrons. The van der Waals surface area contributed by atoms with Gasteiger partial charge in [0.25, 0.3) is 5.91 Å². The Morgan fingerprint density at radius 1 is 1.29 bits per heavy atom. The van der Waals surface area contributed by atoms with E-state index >= 15 is 0 Å². The molecule has 10 heteroatoms. The Balaban J connectivity index is 1.53. The van der Waals surface area contributed by atoms with E-state index in [1.165, 1.54) is 23.0 Å². The number of benzene rings is 1. The molecule has 28 heavy (non-hydrogen) atoms. The predicted octanol–water partition coefficient (Wildman–Crippen LogP) is 1.11.